The van der Waals surface area contributed by atoms with Crippen molar-refractivity contribution in [3.8, 4) is 0 Å². The standard InChI is InChI=1S/C14H25N5O/c1-5-8-16-12(20)9-19(4)14-11(6-2)13(15-7-3)17-10-18-14/h10H,5-9H2,1-4H3,(H,16,20)(H,15,17,18). The van der Waals surface area contributed by atoms with Crippen molar-refractivity contribution in [2.75, 3.05) is 36.9 Å². The lowest BCUT2D eigenvalue weighted by Crippen LogP contribution is -2.36. The summed E-state index contributed by atoms with van der Waals surface area (Å²) in [5.41, 5.74) is 1.04. The van der Waals surface area contributed by atoms with Gasteiger partial charge in [-0.2, -0.15) is 0 Å². The van der Waals surface area contributed by atoms with Gasteiger partial charge >= 0.3 is 0 Å². The molecular weight excluding hydrogens is 254 g/mol. The summed E-state index contributed by atoms with van der Waals surface area (Å²) in [6, 6.07) is 0. The number of nitrogens with zero attached hydrogens (tertiary/aromatic N) is 3. The van der Waals surface area contributed by atoms with Crippen LogP contribution in [0.25, 0.3) is 0 Å². The smallest absolute Gasteiger partial charge is 0.239 e. The maximum atomic E-state index is 11.8. The maximum absolute atomic E-state index is 11.8. The van der Waals surface area contributed by atoms with Crippen LogP contribution in [-0.4, -0.2) is 42.6 Å². The third-order valence-corrected chi connectivity index (χ3v) is 2.93. The first-order valence-corrected chi connectivity index (χ1v) is 7.19. The van der Waals surface area contributed by atoms with Crippen molar-refractivity contribution in [2.24, 2.45) is 0 Å². The summed E-state index contributed by atoms with van der Waals surface area (Å²) in [5.74, 6) is 1.67. The summed E-state index contributed by atoms with van der Waals surface area (Å²) in [6.45, 7) is 7.95. The molecule has 1 aromatic rings. The van der Waals surface area contributed by atoms with Crippen LogP contribution in [0.15, 0.2) is 6.33 Å². The fraction of sp³-hybridized carbons (Fsp3) is 0.643. The van der Waals surface area contributed by atoms with Gasteiger partial charge in [0.2, 0.25) is 5.91 Å². The molecule has 1 heterocycles. The van der Waals surface area contributed by atoms with Gasteiger partial charge < -0.3 is 15.5 Å². The molecule has 112 valence electrons. The molecule has 0 bridgehead atoms. The van der Waals surface area contributed by atoms with Gasteiger partial charge in [-0.3, -0.25) is 4.79 Å². The Kier molecular flexibility index (Phi) is 6.76. The molecular formula is C14H25N5O. The summed E-state index contributed by atoms with van der Waals surface area (Å²) in [7, 11) is 1.88. The summed E-state index contributed by atoms with van der Waals surface area (Å²) < 4.78 is 0. The lowest BCUT2D eigenvalue weighted by Gasteiger charge is -2.21. The number of carbonyl (C=O) groups is 1. The number of nitrogens with one attached hydrogen (secondary N) is 2. The van der Waals surface area contributed by atoms with Crippen LogP contribution in [0.3, 0.4) is 0 Å². The van der Waals surface area contributed by atoms with E-state index in [1.807, 2.05) is 25.8 Å². The van der Waals surface area contributed by atoms with Gasteiger partial charge in [0.05, 0.1) is 6.54 Å². The summed E-state index contributed by atoms with van der Waals surface area (Å²) >= 11 is 0. The van der Waals surface area contributed by atoms with Crippen LogP contribution in [0.5, 0.6) is 0 Å². The normalized spacial score (nSPS) is 10.2. The predicted molar refractivity (Wildman–Crippen MR) is 82.1 cm³/mol. The van der Waals surface area contributed by atoms with Crippen LogP contribution >= 0.6 is 0 Å². The molecule has 0 aliphatic rings. The Balaban J connectivity index is 2.83. The minimum Gasteiger partial charge on any atom is -0.370 e. The Morgan fingerprint density at radius 3 is 2.65 bits per heavy atom. The second-order valence-electron chi connectivity index (χ2n) is 4.61. The number of hydrogen-bond acceptors (Lipinski definition) is 5. The zero-order valence-corrected chi connectivity index (χ0v) is 12.9. The van der Waals surface area contributed by atoms with E-state index in [0.29, 0.717) is 13.1 Å². The number of hydrogen-bond donors (Lipinski definition) is 2. The molecule has 0 aliphatic carbocycles. The average Bonchev–Trinajstić information content (AvgIpc) is 2.45. The first-order valence-electron chi connectivity index (χ1n) is 7.19. The van der Waals surface area contributed by atoms with Gasteiger partial charge in [-0.05, 0) is 19.8 Å². The SMILES string of the molecule is CCCNC(=O)CN(C)c1ncnc(NCC)c1CC. The van der Waals surface area contributed by atoms with Crippen molar-refractivity contribution in [2.45, 2.75) is 33.6 Å². The molecule has 2 N–H and O–H groups in total. The van der Waals surface area contributed by atoms with Crippen LogP contribution < -0.4 is 15.5 Å². The number of anilines is 2. The zero-order valence-electron chi connectivity index (χ0n) is 12.9. The van der Waals surface area contributed by atoms with Crippen LogP contribution in [0.1, 0.15) is 32.8 Å². The highest BCUT2D eigenvalue weighted by molar-refractivity contribution is 5.81. The molecule has 0 atom stereocenters. The first kappa shape index (κ1) is 16.2. The predicted octanol–water partition coefficient (Wildman–Crippen LogP) is 1.43. The van der Waals surface area contributed by atoms with Gasteiger partial charge in [-0.15, -0.1) is 0 Å². The van der Waals surface area contributed by atoms with Gasteiger partial charge in [-0.25, -0.2) is 9.97 Å². The Morgan fingerprint density at radius 1 is 1.30 bits per heavy atom. The highest BCUT2D eigenvalue weighted by atomic mass is 16.2. The molecule has 0 aromatic carbocycles. The molecule has 1 aromatic heterocycles. The average molecular weight is 279 g/mol. The highest BCUT2D eigenvalue weighted by Crippen LogP contribution is 2.22. The summed E-state index contributed by atoms with van der Waals surface area (Å²) in [4.78, 5) is 22.2. The quantitative estimate of drug-likeness (QED) is 0.753. The van der Waals surface area contributed by atoms with E-state index in [4.69, 9.17) is 0 Å². The van der Waals surface area contributed by atoms with E-state index in [2.05, 4.69) is 27.5 Å². The van der Waals surface area contributed by atoms with Gasteiger partial charge in [0, 0.05) is 25.7 Å². The Bertz CT molecular complexity index is 436. The monoisotopic (exact) mass is 279 g/mol. The molecule has 0 aliphatic heterocycles. The van der Waals surface area contributed by atoms with E-state index in [0.717, 1.165) is 36.6 Å². The topological polar surface area (TPSA) is 70.2 Å². The molecule has 6 heteroatoms. The van der Waals surface area contributed by atoms with E-state index >= 15 is 0 Å². The molecule has 6 nitrogen and oxygen atoms in total. The van der Waals surface area contributed by atoms with Crippen molar-refractivity contribution in [3.05, 3.63) is 11.9 Å². The first-order chi connectivity index (χ1) is 9.63. The Hall–Kier alpha value is -1.85. The molecule has 20 heavy (non-hydrogen) atoms. The fourth-order valence-electron chi connectivity index (χ4n) is 1.99. The molecule has 0 saturated heterocycles. The third-order valence-electron chi connectivity index (χ3n) is 2.93. The lowest BCUT2D eigenvalue weighted by atomic mass is 10.2. The third kappa shape index (κ3) is 4.36. The van der Waals surface area contributed by atoms with Gasteiger partial charge in [0.1, 0.15) is 18.0 Å². The Morgan fingerprint density at radius 2 is 2.05 bits per heavy atom. The van der Waals surface area contributed by atoms with Crippen molar-refractivity contribution in [1.82, 2.24) is 15.3 Å². The van der Waals surface area contributed by atoms with Crippen LogP contribution in [0.4, 0.5) is 11.6 Å². The van der Waals surface area contributed by atoms with Crippen LogP contribution in [-0.2, 0) is 11.2 Å². The largest absolute Gasteiger partial charge is 0.370 e. The van der Waals surface area contributed by atoms with Crippen LogP contribution in [0, 0.1) is 0 Å². The molecule has 0 saturated carbocycles. The van der Waals surface area contributed by atoms with Crippen LogP contribution in [0.2, 0.25) is 0 Å². The van der Waals surface area contributed by atoms with Crippen molar-refractivity contribution in [1.29, 1.82) is 0 Å². The maximum Gasteiger partial charge on any atom is 0.239 e. The van der Waals surface area contributed by atoms with Gasteiger partial charge in [0.15, 0.2) is 0 Å². The molecule has 0 fully saturated rings. The number of aromatic nitrogens is 2. The summed E-state index contributed by atoms with van der Waals surface area (Å²) in [6.07, 6.45) is 3.29. The number of likely N-dealkylation sites (N-methyl/N-ethyl adjacent to an activating group) is 1. The highest BCUT2D eigenvalue weighted by Gasteiger charge is 2.15. The molecule has 0 unspecified atom stereocenters. The molecule has 0 radical (unpaired) electrons. The van der Waals surface area contributed by atoms with E-state index in [-0.39, 0.29) is 5.91 Å². The fourth-order valence-corrected chi connectivity index (χ4v) is 1.99. The number of amides is 1. The molecule has 1 rings (SSSR count). The second kappa shape index (κ2) is 8.35. The minimum absolute atomic E-state index is 0.0139. The zero-order chi connectivity index (χ0) is 15.0. The van der Waals surface area contributed by atoms with Crippen molar-refractivity contribution < 1.29 is 4.79 Å². The number of rotatable bonds is 8. The van der Waals surface area contributed by atoms with E-state index in [1.165, 1.54) is 6.33 Å². The van der Waals surface area contributed by atoms with E-state index in [1.54, 1.807) is 0 Å². The van der Waals surface area contributed by atoms with E-state index < -0.39 is 0 Å². The number of carbonyl (C=O) groups excluding carboxylic acids is 1. The molecule has 1 amide bonds. The van der Waals surface area contributed by atoms with Crippen molar-refractivity contribution in [3.63, 3.8) is 0 Å². The Labute approximate surface area is 121 Å². The molecule has 0 spiro atoms. The summed E-state index contributed by atoms with van der Waals surface area (Å²) in [5, 5.41) is 6.10. The van der Waals surface area contributed by atoms with Crippen molar-refractivity contribution >= 4 is 17.5 Å². The van der Waals surface area contributed by atoms with E-state index in [9.17, 15) is 4.79 Å². The lowest BCUT2D eigenvalue weighted by molar-refractivity contribution is -0.119. The minimum atomic E-state index is 0.0139. The van der Waals surface area contributed by atoms with Gasteiger partial charge in [-0.1, -0.05) is 13.8 Å². The second-order valence-corrected chi connectivity index (χ2v) is 4.61. The van der Waals surface area contributed by atoms with Gasteiger partial charge in [0.25, 0.3) is 0 Å².